The summed E-state index contributed by atoms with van der Waals surface area (Å²) in [4.78, 5) is 12.9. The van der Waals surface area contributed by atoms with E-state index in [1.807, 2.05) is 4.90 Å². The Kier molecular flexibility index (Phi) is 7.11. The summed E-state index contributed by atoms with van der Waals surface area (Å²) in [5.74, 6) is -1.38. The number of nitrogens with two attached hydrogens (primary N) is 2. The molecule has 0 bridgehead atoms. The molecule has 112 valence electrons. The molecule has 1 aromatic carbocycles. The predicted molar refractivity (Wildman–Crippen MR) is 73.7 cm³/mol. The van der Waals surface area contributed by atoms with Crippen LogP contribution in [0, 0.1) is 11.6 Å². The van der Waals surface area contributed by atoms with E-state index in [0.717, 1.165) is 44.5 Å². The first kappa shape index (κ1) is 16.5. The lowest BCUT2D eigenvalue weighted by molar-refractivity contribution is -0.127. The molecular weight excluding hydrogens is 264 g/mol. The van der Waals surface area contributed by atoms with E-state index < -0.39 is 11.6 Å². The number of likely N-dealkylation sites (tertiary alicyclic amines) is 1. The van der Waals surface area contributed by atoms with Gasteiger partial charge in [0.05, 0.1) is 0 Å². The summed E-state index contributed by atoms with van der Waals surface area (Å²) in [5.41, 5.74) is 11.1. The fourth-order valence-corrected chi connectivity index (χ4v) is 1.89. The second kappa shape index (κ2) is 8.60. The molecule has 0 atom stereocenters. The van der Waals surface area contributed by atoms with Crippen LogP contribution < -0.4 is 11.5 Å². The minimum atomic E-state index is -0.844. The lowest BCUT2D eigenvalue weighted by Gasteiger charge is -2.13. The summed E-state index contributed by atoms with van der Waals surface area (Å²) in [6, 6.07) is 3.62. The van der Waals surface area contributed by atoms with Gasteiger partial charge in [-0.3, -0.25) is 4.79 Å². The van der Waals surface area contributed by atoms with Gasteiger partial charge >= 0.3 is 0 Å². The van der Waals surface area contributed by atoms with Gasteiger partial charge < -0.3 is 16.4 Å². The summed E-state index contributed by atoms with van der Waals surface area (Å²) in [7, 11) is 0. The van der Waals surface area contributed by atoms with Gasteiger partial charge in [-0.1, -0.05) is 6.07 Å². The Morgan fingerprint density at radius 3 is 2.45 bits per heavy atom. The number of benzene rings is 1. The van der Waals surface area contributed by atoms with Crippen molar-refractivity contribution in [2.45, 2.75) is 25.8 Å². The van der Waals surface area contributed by atoms with Crippen LogP contribution in [0.2, 0.25) is 0 Å². The molecule has 0 aromatic heterocycles. The normalized spacial score (nSPS) is 14.2. The molecule has 6 heteroatoms. The van der Waals surface area contributed by atoms with Crippen LogP contribution in [0.25, 0.3) is 0 Å². The SMILES string of the molecule is NCCCN1CCCC1=O.NCc1ccc(F)c(F)c1. The summed E-state index contributed by atoms with van der Waals surface area (Å²) in [6.45, 7) is 2.72. The van der Waals surface area contributed by atoms with Gasteiger partial charge in [-0.05, 0) is 37.1 Å². The first-order valence-corrected chi connectivity index (χ1v) is 6.70. The van der Waals surface area contributed by atoms with E-state index in [1.165, 1.54) is 6.07 Å². The van der Waals surface area contributed by atoms with Crippen molar-refractivity contribution in [3.05, 3.63) is 35.4 Å². The average molecular weight is 285 g/mol. The van der Waals surface area contributed by atoms with Crippen LogP contribution in [0.1, 0.15) is 24.8 Å². The first-order chi connectivity index (χ1) is 9.58. The second-order valence-electron chi connectivity index (χ2n) is 4.58. The molecule has 0 aliphatic carbocycles. The Labute approximate surface area is 117 Å². The van der Waals surface area contributed by atoms with Crippen LogP contribution in [-0.4, -0.2) is 30.4 Å². The molecule has 1 heterocycles. The van der Waals surface area contributed by atoms with E-state index in [-0.39, 0.29) is 6.54 Å². The Bertz CT molecular complexity index is 440. The number of hydrogen-bond donors (Lipinski definition) is 2. The number of halogens is 2. The number of carbonyl (C=O) groups excluding carboxylic acids is 1. The molecule has 1 amide bonds. The molecular formula is C14H21F2N3O. The number of nitrogens with zero attached hydrogens (tertiary/aromatic N) is 1. The molecule has 0 unspecified atom stereocenters. The van der Waals surface area contributed by atoms with Crippen molar-refractivity contribution >= 4 is 5.91 Å². The molecule has 4 nitrogen and oxygen atoms in total. The molecule has 0 radical (unpaired) electrons. The largest absolute Gasteiger partial charge is 0.343 e. The van der Waals surface area contributed by atoms with Crippen molar-refractivity contribution in [3.8, 4) is 0 Å². The molecule has 4 N–H and O–H groups in total. The highest BCUT2D eigenvalue weighted by molar-refractivity contribution is 5.77. The summed E-state index contributed by atoms with van der Waals surface area (Å²) < 4.78 is 24.6. The van der Waals surface area contributed by atoms with Gasteiger partial charge in [-0.15, -0.1) is 0 Å². The highest BCUT2D eigenvalue weighted by Gasteiger charge is 2.18. The second-order valence-corrected chi connectivity index (χ2v) is 4.58. The van der Waals surface area contributed by atoms with E-state index >= 15 is 0 Å². The number of rotatable bonds is 4. The van der Waals surface area contributed by atoms with Crippen LogP contribution in [0.5, 0.6) is 0 Å². The maximum absolute atomic E-state index is 12.3. The van der Waals surface area contributed by atoms with Crippen molar-refractivity contribution in [3.63, 3.8) is 0 Å². The van der Waals surface area contributed by atoms with Gasteiger partial charge in [0.15, 0.2) is 11.6 Å². The zero-order chi connectivity index (χ0) is 15.0. The molecule has 1 aromatic rings. The predicted octanol–water partition coefficient (Wildman–Crippen LogP) is 1.38. The third kappa shape index (κ3) is 5.22. The molecule has 2 rings (SSSR count). The fraction of sp³-hybridized carbons (Fsp3) is 0.500. The summed E-state index contributed by atoms with van der Waals surface area (Å²) >= 11 is 0. The lowest BCUT2D eigenvalue weighted by Crippen LogP contribution is -2.27. The zero-order valence-electron chi connectivity index (χ0n) is 11.4. The number of amides is 1. The van der Waals surface area contributed by atoms with E-state index in [2.05, 4.69) is 0 Å². The van der Waals surface area contributed by atoms with E-state index in [1.54, 1.807) is 0 Å². The van der Waals surface area contributed by atoms with E-state index in [9.17, 15) is 13.6 Å². The molecule has 1 fully saturated rings. The standard InChI is InChI=1S/C7H7F2N.C7H14N2O/c8-6-2-1-5(4-10)3-7(6)9;8-4-2-6-9-5-1-3-7(9)10/h1-3H,4,10H2;1-6,8H2. The topological polar surface area (TPSA) is 72.3 Å². The van der Waals surface area contributed by atoms with Gasteiger partial charge in [0.2, 0.25) is 5.91 Å². The van der Waals surface area contributed by atoms with Crippen molar-refractivity contribution in [2.75, 3.05) is 19.6 Å². The lowest BCUT2D eigenvalue weighted by atomic mass is 10.2. The van der Waals surface area contributed by atoms with Crippen LogP contribution in [0.3, 0.4) is 0 Å². The Balaban J connectivity index is 0.000000200. The maximum atomic E-state index is 12.3. The molecule has 20 heavy (non-hydrogen) atoms. The van der Waals surface area contributed by atoms with Crippen molar-refractivity contribution in [1.29, 1.82) is 0 Å². The third-order valence-electron chi connectivity index (χ3n) is 3.02. The van der Waals surface area contributed by atoms with Crippen molar-refractivity contribution in [2.24, 2.45) is 11.5 Å². The number of hydrogen-bond acceptors (Lipinski definition) is 3. The zero-order valence-corrected chi connectivity index (χ0v) is 11.4. The molecule has 1 saturated heterocycles. The maximum Gasteiger partial charge on any atom is 0.222 e. The quantitative estimate of drug-likeness (QED) is 0.878. The van der Waals surface area contributed by atoms with Gasteiger partial charge in [-0.25, -0.2) is 8.78 Å². The van der Waals surface area contributed by atoms with Crippen molar-refractivity contribution in [1.82, 2.24) is 4.90 Å². The van der Waals surface area contributed by atoms with E-state index in [0.29, 0.717) is 18.0 Å². The first-order valence-electron chi connectivity index (χ1n) is 6.70. The fourth-order valence-electron chi connectivity index (χ4n) is 1.89. The van der Waals surface area contributed by atoms with Crippen LogP contribution in [-0.2, 0) is 11.3 Å². The molecule has 0 saturated carbocycles. The molecule has 0 spiro atoms. The van der Waals surface area contributed by atoms with E-state index in [4.69, 9.17) is 11.5 Å². The highest BCUT2D eigenvalue weighted by atomic mass is 19.2. The number of carbonyl (C=O) groups is 1. The Morgan fingerprint density at radius 2 is 1.95 bits per heavy atom. The Hall–Kier alpha value is -1.53. The van der Waals surface area contributed by atoms with Gasteiger partial charge in [0, 0.05) is 26.1 Å². The van der Waals surface area contributed by atoms with Crippen LogP contribution in [0.4, 0.5) is 8.78 Å². The Morgan fingerprint density at radius 1 is 1.20 bits per heavy atom. The molecule has 1 aliphatic rings. The highest BCUT2D eigenvalue weighted by Crippen LogP contribution is 2.09. The minimum Gasteiger partial charge on any atom is -0.343 e. The monoisotopic (exact) mass is 285 g/mol. The summed E-state index contributed by atoms with van der Waals surface area (Å²) in [6.07, 6.45) is 2.71. The van der Waals surface area contributed by atoms with Gasteiger partial charge in [0.1, 0.15) is 0 Å². The smallest absolute Gasteiger partial charge is 0.222 e. The third-order valence-corrected chi connectivity index (χ3v) is 3.02. The molecule has 1 aliphatic heterocycles. The van der Waals surface area contributed by atoms with Crippen LogP contribution in [0.15, 0.2) is 18.2 Å². The summed E-state index contributed by atoms with van der Waals surface area (Å²) in [5, 5.41) is 0. The van der Waals surface area contributed by atoms with Gasteiger partial charge in [0.25, 0.3) is 0 Å². The van der Waals surface area contributed by atoms with Crippen LogP contribution >= 0.6 is 0 Å². The van der Waals surface area contributed by atoms with Crippen molar-refractivity contribution < 1.29 is 13.6 Å². The van der Waals surface area contributed by atoms with Gasteiger partial charge in [-0.2, -0.15) is 0 Å². The minimum absolute atomic E-state index is 0.233. The average Bonchev–Trinajstić information content (AvgIpc) is 2.86.